The van der Waals surface area contributed by atoms with Gasteiger partial charge in [-0.25, -0.2) is 0 Å². The summed E-state index contributed by atoms with van der Waals surface area (Å²) in [5.41, 5.74) is 0. The summed E-state index contributed by atoms with van der Waals surface area (Å²) in [6, 6.07) is 0. The fourth-order valence-electron chi connectivity index (χ4n) is 5.51. The Bertz CT molecular complexity index is 902. The van der Waals surface area contributed by atoms with Gasteiger partial charge in [-0.15, -0.1) is 0 Å². The molecule has 0 bridgehead atoms. The van der Waals surface area contributed by atoms with Crippen molar-refractivity contribution in [2.45, 2.75) is 200 Å². The molecule has 0 aliphatic carbocycles. The number of carbonyl (C=O) groups excluding carboxylic acids is 3. The van der Waals surface area contributed by atoms with E-state index in [4.69, 9.17) is 14.2 Å². The van der Waals surface area contributed by atoms with Crippen LogP contribution in [0.1, 0.15) is 194 Å². The quantitative estimate of drug-likeness (QED) is 0.0280. The second-order valence-corrected chi connectivity index (χ2v) is 13.5. The molecule has 0 spiro atoms. The molecular weight excluding hydrogens is 624 g/mol. The summed E-state index contributed by atoms with van der Waals surface area (Å²) < 4.78 is 16.5. The normalized spacial score (nSPS) is 12.5. The molecule has 1 atom stereocenters. The Morgan fingerprint density at radius 1 is 0.420 bits per heavy atom. The summed E-state index contributed by atoms with van der Waals surface area (Å²) in [7, 11) is 0. The van der Waals surface area contributed by atoms with Crippen LogP contribution in [0, 0.1) is 0 Å². The number of ether oxygens (including phenoxy) is 3. The third-order valence-electron chi connectivity index (χ3n) is 8.61. The lowest BCUT2D eigenvalue weighted by atomic mass is 10.1. The Hall–Kier alpha value is -2.63. The van der Waals surface area contributed by atoms with Gasteiger partial charge in [0.2, 0.25) is 0 Å². The second kappa shape index (κ2) is 39.2. The highest BCUT2D eigenvalue weighted by atomic mass is 16.6. The zero-order valence-corrected chi connectivity index (χ0v) is 32.7. The Labute approximate surface area is 307 Å². The van der Waals surface area contributed by atoms with Gasteiger partial charge < -0.3 is 14.2 Å². The molecule has 0 N–H and O–H groups in total. The number of esters is 3. The van der Waals surface area contributed by atoms with Gasteiger partial charge >= 0.3 is 17.9 Å². The molecule has 1 unspecified atom stereocenters. The van der Waals surface area contributed by atoms with Crippen LogP contribution in [0.2, 0.25) is 0 Å². The van der Waals surface area contributed by atoms with E-state index in [0.717, 1.165) is 64.2 Å². The highest BCUT2D eigenvalue weighted by Crippen LogP contribution is 2.13. The molecule has 0 aliphatic rings. The van der Waals surface area contributed by atoms with Crippen molar-refractivity contribution in [2.75, 3.05) is 13.2 Å². The van der Waals surface area contributed by atoms with Crippen LogP contribution in [0.15, 0.2) is 48.6 Å². The minimum absolute atomic E-state index is 0.0931. The van der Waals surface area contributed by atoms with Crippen molar-refractivity contribution in [3.05, 3.63) is 48.6 Å². The summed E-state index contributed by atoms with van der Waals surface area (Å²) in [5.74, 6) is -0.987. The Balaban J connectivity index is 4.47. The number of allylic oxidation sites excluding steroid dienone is 8. The first-order chi connectivity index (χ1) is 24.5. The number of carbonyl (C=O) groups is 3. The molecule has 0 fully saturated rings. The molecule has 50 heavy (non-hydrogen) atoms. The van der Waals surface area contributed by atoms with Crippen molar-refractivity contribution in [3.63, 3.8) is 0 Å². The molecule has 0 aromatic rings. The fourth-order valence-corrected chi connectivity index (χ4v) is 5.51. The third-order valence-corrected chi connectivity index (χ3v) is 8.61. The van der Waals surface area contributed by atoms with E-state index in [2.05, 4.69) is 57.2 Å². The molecule has 0 aromatic heterocycles. The molecule has 288 valence electrons. The minimum Gasteiger partial charge on any atom is -0.462 e. The molecule has 6 heteroatoms. The van der Waals surface area contributed by atoms with E-state index in [0.29, 0.717) is 19.3 Å². The molecule has 0 radical (unpaired) electrons. The van der Waals surface area contributed by atoms with Crippen molar-refractivity contribution in [1.29, 1.82) is 0 Å². The topological polar surface area (TPSA) is 78.9 Å². The van der Waals surface area contributed by atoms with Gasteiger partial charge in [-0.05, 0) is 44.9 Å². The largest absolute Gasteiger partial charge is 0.462 e. The van der Waals surface area contributed by atoms with E-state index in [1.807, 2.05) is 12.2 Å². The summed E-state index contributed by atoms with van der Waals surface area (Å²) >= 11 is 0. The molecule has 0 heterocycles. The molecule has 0 amide bonds. The average molecular weight is 701 g/mol. The molecule has 0 rings (SSSR count). The first-order valence-electron chi connectivity index (χ1n) is 20.6. The van der Waals surface area contributed by atoms with Crippen LogP contribution in [0.25, 0.3) is 0 Å². The van der Waals surface area contributed by atoms with Crippen molar-refractivity contribution in [2.24, 2.45) is 0 Å². The standard InChI is InChI=1S/C44H76O6/c1-4-7-10-13-16-19-21-22-23-26-28-31-34-37-43(46)49-40-41(39-48-42(45)36-33-30-27-24-18-15-12-9-6-3)50-44(47)38-35-32-29-25-20-17-14-11-8-5-2/h7,10,16,19,22-23,28,31,41H,4-6,8-9,11-15,17-18,20-21,24-27,29-30,32-40H2,1-3H3/b10-7-,19-16-,23-22-,31-28-. The summed E-state index contributed by atoms with van der Waals surface area (Å²) in [6.07, 6.45) is 43.9. The lowest BCUT2D eigenvalue weighted by Gasteiger charge is -2.18. The Morgan fingerprint density at radius 3 is 1.22 bits per heavy atom. The highest BCUT2D eigenvalue weighted by molar-refractivity contribution is 5.71. The van der Waals surface area contributed by atoms with Gasteiger partial charge in [0, 0.05) is 19.3 Å². The first-order valence-corrected chi connectivity index (χ1v) is 20.6. The average Bonchev–Trinajstić information content (AvgIpc) is 3.11. The van der Waals surface area contributed by atoms with Crippen LogP contribution in [0.3, 0.4) is 0 Å². The SMILES string of the molecule is CC/C=C\C/C=C\C/C=C\C/C=C\CCC(=O)OCC(COC(=O)CCCCCCCCCCC)OC(=O)CCCCCCCCCCCC. The molecule has 6 nitrogen and oxygen atoms in total. The van der Waals surface area contributed by atoms with Gasteiger partial charge in [0.15, 0.2) is 6.10 Å². The first kappa shape index (κ1) is 47.4. The summed E-state index contributed by atoms with van der Waals surface area (Å²) in [5, 5.41) is 0. The van der Waals surface area contributed by atoms with E-state index in [-0.39, 0.29) is 37.5 Å². The van der Waals surface area contributed by atoms with E-state index >= 15 is 0 Å². The van der Waals surface area contributed by atoms with E-state index in [1.54, 1.807) is 0 Å². The lowest BCUT2D eigenvalue weighted by Crippen LogP contribution is -2.30. The van der Waals surface area contributed by atoms with E-state index < -0.39 is 6.10 Å². The zero-order chi connectivity index (χ0) is 36.6. The Kier molecular flexibility index (Phi) is 37.1. The monoisotopic (exact) mass is 701 g/mol. The molecule has 0 aromatic carbocycles. The van der Waals surface area contributed by atoms with Gasteiger partial charge in [0.25, 0.3) is 0 Å². The van der Waals surface area contributed by atoms with Crippen molar-refractivity contribution < 1.29 is 28.6 Å². The number of unbranched alkanes of at least 4 members (excludes halogenated alkanes) is 17. The smallest absolute Gasteiger partial charge is 0.306 e. The second-order valence-electron chi connectivity index (χ2n) is 13.5. The van der Waals surface area contributed by atoms with Crippen molar-refractivity contribution in [1.82, 2.24) is 0 Å². The van der Waals surface area contributed by atoms with E-state index in [1.165, 1.54) is 83.5 Å². The zero-order valence-electron chi connectivity index (χ0n) is 32.7. The van der Waals surface area contributed by atoms with Crippen molar-refractivity contribution in [3.8, 4) is 0 Å². The van der Waals surface area contributed by atoms with Crippen LogP contribution >= 0.6 is 0 Å². The molecule has 0 saturated heterocycles. The van der Waals surface area contributed by atoms with Crippen LogP contribution in [-0.4, -0.2) is 37.2 Å². The Morgan fingerprint density at radius 2 is 0.780 bits per heavy atom. The molecule has 0 saturated carbocycles. The number of rotatable bonds is 36. The summed E-state index contributed by atoms with van der Waals surface area (Å²) in [6.45, 7) is 6.40. The van der Waals surface area contributed by atoms with Gasteiger partial charge in [-0.2, -0.15) is 0 Å². The maximum atomic E-state index is 12.6. The van der Waals surface area contributed by atoms with Gasteiger partial charge in [0.05, 0.1) is 0 Å². The predicted octanol–water partition coefficient (Wildman–Crippen LogP) is 12.8. The van der Waals surface area contributed by atoms with Crippen molar-refractivity contribution >= 4 is 17.9 Å². The minimum atomic E-state index is -0.793. The van der Waals surface area contributed by atoms with Crippen LogP contribution in [0.4, 0.5) is 0 Å². The van der Waals surface area contributed by atoms with Crippen LogP contribution < -0.4 is 0 Å². The highest BCUT2D eigenvalue weighted by Gasteiger charge is 2.19. The maximum absolute atomic E-state index is 12.6. The lowest BCUT2D eigenvalue weighted by molar-refractivity contribution is -0.166. The molecule has 0 aliphatic heterocycles. The fraction of sp³-hybridized carbons (Fsp3) is 0.750. The van der Waals surface area contributed by atoms with Crippen LogP contribution in [0.5, 0.6) is 0 Å². The molecular formula is C44H76O6. The van der Waals surface area contributed by atoms with Gasteiger partial charge in [-0.1, -0.05) is 179 Å². The van der Waals surface area contributed by atoms with Gasteiger partial charge in [-0.3, -0.25) is 14.4 Å². The third kappa shape index (κ3) is 36.6. The maximum Gasteiger partial charge on any atom is 0.306 e. The predicted molar refractivity (Wildman–Crippen MR) is 210 cm³/mol. The number of hydrogen-bond donors (Lipinski definition) is 0. The van der Waals surface area contributed by atoms with E-state index in [9.17, 15) is 14.4 Å². The van der Waals surface area contributed by atoms with Crippen LogP contribution in [-0.2, 0) is 28.6 Å². The van der Waals surface area contributed by atoms with Gasteiger partial charge in [0.1, 0.15) is 13.2 Å². The summed E-state index contributed by atoms with van der Waals surface area (Å²) in [4.78, 5) is 37.4. The number of hydrogen-bond acceptors (Lipinski definition) is 6.